The summed E-state index contributed by atoms with van der Waals surface area (Å²) in [6.07, 6.45) is 0. The smallest absolute Gasteiger partial charge is 0.336 e. The van der Waals surface area contributed by atoms with Crippen LogP contribution in [0.5, 0.6) is 0 Å². The van der Waals surface area contributed by atoms with Crippen molar-refractivity contribution in [3.8, 4) is 0 Å². The van der Waals surface area contributed by atoms with Crippen molar-refractivity contribution < 1.29 is 14.3 Å². The van der Waals surface area contributed by atoms with Crippen molar-refractivity contribution in [3.05, 3.63) is 44.7 Å². The molecule has 0 saturated heterocycles. The lowest BCUT2D eigenvalue weighted by atomic mass is 10.0. The average molecular weight is 340 g/mol. The monoisotopic (exact) mass is 339 g/mol. The predicted octanol–water partition coefficient (Wildman–Crippen LogP) is 2.51. The summed E-state index contributed by atoms with van der Waals surface area (Å²) in [5.74, 6) is -0.951. The molecule has 0 unspecified atom stereocenters. The molecule has 0 fully saturated rings. The number of hydrogen-bond acceptors (Lipinski definition) is 4. The van der Waals surface area contributed by atoms with Crippen LogP contribution in [0.15, 0.2) is 37.9 Å². The predicted molar refractivity (Wildman–Crippen MR) is 78.7 cm³/mol. The van der Waals surface area contributed by atoms with Gasteiger partial charge in [-0.05, 0) is 37.6 Å². The summed E-state index contributed by atoms with van der Waals surface area (Å²) in [7, 11) is 0. The minimum Gasteiger partial charge on any atom is -0.480 e. The van der Waals surface area contributed by atoms with Crippen molar-refractivity contribution in [3.63, 3.8) is 0 Å². The van der Waals surface area contributed by atoms with Crippen LogP contribution in [0.3, 0.4) is 0 Å². The van der Waals surface area contributed by atoms with E-state index in [9.17, 15) is 9.59 Å². The molecule has 1 aromatic carbocycles. The van der Waals surface area contributed by atoms with Crippen LogP contribution in [-0.2, 0) is 11.3 Å². The van der Waals surface area contributed by atoms with Crippen molar-refractivity contribution in [2.24, 2.45) is 0 Å². The van der Waals surface area contributed by atoms with E-state index in [0.717, 1.165) is 9.86 Å². The van der Waals surface area contributed by atoms with Crippen LogP contribution in [0.2, 0.25) is 0 Å². The lowest BCUT2D eigenvalue weighted by molar-refractivity contribution is -0.143. The fourth-order valence-electron chi connectivity index (χ4n) is 1.74. The Labute approximate surface area is 123 Å². The number of rotatable bonds is 4. The Morgan fingerprint density at radius 2 is 2.10 bits per heavy atom. The van der Waals surface area contributed by atoms with Crippen LogP contribution in [0.25, 0.3) is 11.0 Å². The van der Waals surface area contributed by atoms with Gasteiger partial charge in [-0.25, -0.2) is 4.79 Å². The molecule has 0 spiro atoms. The third kappa shape index (κ3) is 3.08. The number of carboxylic acid groups (broad SMARTS) is 1. The minimum absolute atomic E-state index is 0.267. The van der Waals surface area contributed by atoms with Crippen LogP contribution in [0.4, 0.5) is 0 Å². The van der Waals surface area contributed by atoms with Gasteiger partial charge < -0.3 is 9.52 Å². The fraction of sp³-hybridized carbons (Fsp3) is 0.286. The van der Waals surface area contributed by atoms with E-state index in [0.29, 0.717) is 11.1 Å². The molecule has 0 atom stereocenters. The summed E-state index contributed by atoms with van der Waals surface area (Å²) in [5.41, 5.74) is -0.354. The Balaban J connectivity index is 2.40. The van der Waals surface area contributed by atoms with Gasteiger partial charge in [0.1, 0.15) is 11.1 Å². The lowest BCUT2D eigenvalue weighted by Gasteiger charge is -2.21. The van der Waals surface area contributed by atoms with Gasteiger partial charge in [-0.2, -0.15) is 0 Å². The van der Waals surface area contributed by atoms with E-state index >= 15 is 0 Å². The van der Waals surface area contributed by atoms with Gasteiger partial charge in [-0.3, -0.25) is 10.1 Å². The Kier molecular flexibility index (Phi) is 3.96. The zero-order chi connectivity index (χ0) is 14.9. The average Bonchev–Trinajstić information content (AvgIpc) is 2.35. The van der Waals surface area contributed by atoms with Gasteiger partial charge in [-0.15, -0.1) is 0 Å². The molecule has 1 heterocycles. The first-order valence-electron chi connectivity index (χ1n) is 6.00. The zero-order valence-corrected chi connectivity index (χ0v) is 12.7. The molecule has 20 heavy (non-hydrogen) atoms. The van der Waals surface area contributed by atoms with Crippen molar-refractivity contribution in [1.29, 1.82) is 0 Å². The maximum atomic E-state index is 11.5. The van der Waals surface area contributed by atoms with Gasteiger partial charge in [0, 0.05) is 22.5 Å². The van der Waals surface area contributed by atoms with Crippen molar-refractivity contribution in [1.82, 2.24) is 5.32 Å². The molecule has 0 aliphatic carbocycles. The molecule has 2 N–H and O–H groups in total. The Hall–Kier alpha value is -1.66. The van der Waals surface area contributed by atoms with Crippen LogP contribution < -0.4 is 10.9 Å². The molecule has 6 heteroatoms. The second-order valence-electron chi connectivity index (χ2n) is 5.01. The maximum Gasteiger partial charge on any atom is 0.336 e. The van der Waals surface area contributed by atoms with Gasteiger partial charge in [0.25, 0.3) is 0 Å². The summed E-state index contributed by atoms with van der Waals surface area (Å²) in [5, 5.41) is 12.8. The van der Waals surface area contributed by atoms with Crippen LogP contribution in [0, 0.1) is 0 Å². The van der Waals surface area contributed by atoms with E-state index in [2.05, 4.69) is 21.2 Å². The molecular weight excluding hydrogens is 326 g/mol. The fourth-order valence-corrected chi connectivity index (χ4v) is 2.08. The first kappa shape index (κ1) is 14.7. The molecule has 0 bridgehead atoms. The number of benzene rings is 1. The molecular formula is C14H14BrNO4. The second kappa shape index (κ2) is 5.38. The summed E-state index contributed by atoms with van der Waals surface area (Å²) in [6.45, 7) is 3.40. The Morgan fingerprint density at radius 3 is 2.75 bits per heavy atom. The number of halogens is 1. The summed E-state index contributed by atoms with van der Waals surface area (Å²) >= 11 is 3.32. The van der Waals surface area contributed by atoms with Crippen molar-refractivity contribution in [2.45, 2.75) is 25.9 Å². The van der Waals surface area contributed by atoms with Gasteiger partial charge >= 0.3 is 11.6 Å². The van der Waals surface area contributed by atoms with E-state index in [4.69, 9.17) is 9.52 Å². The largest absolute Gasteiger partial charge is 0.480 e. The third-order valence-corrected chi connectivity index (χ3v) is 3.54. The first-order chi connectivity index (χ1) is 9.29. The second-order valence-corrected chi connectivity index (χ2v) is 5.93. The van der Waals surface area contributed by atoms with E-state index in [1.54, 1.807) is 19.9 Å². The number of nitrogens with one attached hydrogen (secondary N) is 1. The molecule has 1 aromatic heterocycles. The Morgan fingerprint density at radius 1 is 1.40 bits per heavy atom. The number of hydrogen-bond donors (Lipinski definition) is 2. The molecule has 106 valence electrons. The highest BCUT2D eigenvalue weighted by Gasteiger charge is 2.26. The van der Waals surface area contributed by atoms with Crippen LogP contribution >= 0.6 is 15.9 Å². The highest BCUT2D eigenvalue weighted by molar-refractivity contribution is 9.10. The number of aliphatic carboxylic acids is 1. The van der Waals surface area contributed by atoms with Crippen molar-refractivity contribution in [2.75, 3.05) is 0 Å². The normalized spacial score (nSPS) is 11.8. The van der Waals surface area contributed by atoms with E-state index in [1.165, 1.54) is 6.07 Å². The molecule has 0 amide bonds. The van der Waals surface area contributed by atoms with Crippen LogP contribution in [-0.4, -0.2) is 16.6 Å². The van der Waals surface area contributed by atoms with E-state index in [-0.39, 0.29) is 6.54 Å². The first-order valence-corrected chi connectivity index (χ1v) is 6.79. The van der Waals surface area contributed by atoms with Gasteiger partial charge in [-0.1, -0.05) is 15.9 Å². The number of carboxylic acids is 1. The van der Waals surface area contributed by atoms with Gasteiger partial charge in [0.2, 0.25) is 0 Å². The zero-order valence-electron chi connectivity index (χ0n) is 11.1. The SMILES string of the molecule is CC(C)(NCc1cc(=O)oc2cc(Br)ccc12)C(=O)O. The topological polar surface area (TPSA) is 79.5 Å². The van der Waals surface area contributed by atoms with E-state index < -0.39 is 17.1 Å². The molecule has 0 aliphatic rings. The molecule has 0 aliphatic heterocycles. The molecule has 5 nitrogen and oxygen atoms in total. The lowest BCUT2D eigenvalue weighted by Crippen LogP contribution is -2.46. The van der Waals surface area contributed by atoms with Crippen LogP contribution in [0.1, 0.15) is 19.4 Å². The summed E-state index contributed by atoms with van der Waals surface area (Å²) in [4.78, 5) is 22.6. The maximum absolute atomic E-state index is 11.5. The highest BCUT2D eigenvalue weighted by Crippen LogP contribution is 2.22. The van der Waals surface area contributed by atoms with Gasteiger partial charge in [0.15, 0.2) is 0 Å². The summed E-state index contributed by atoms with van der Waals surface area (Å²) in [6, 6.07) is 6.76. The quantitative estimate of drug-likeness (QED) is 0.836. The number of carbonyl (C=O) groups is 1. The third-order valence-electron chi connectivity index (χ3n) is 3.05. The van der Waals surface area contributed by atoms with Gasteiger partial charge in [0.05, 0.1) is 0 Å². The highest BCUT2D eigenvalue weighted by atomic mass is 79.9. The number of fused-ring (bicyclic) bond motifs is 1. The van der Waals surface area contributed by atoms with E-state index in [1.807, 2.05) is 12.1 Å². The molecule has 0 radical (unpaired) electrons. The minimum atomic E-state index is -1.07. The Bertz CT molecular complexity index is 721. The summed E-state index contributed by atoms with van der Waals surface area (Å²) < 4.78 is 5.94. The standard InChI is InChI=1S/C14H14BrNO4/c1-14(2,13(18)19)16-7-8-5-12(17)20-11-6-9(15)3-4-10(8)11/h3-6,16H,7H2,1-2H3,(H,18,19). The molecule has 2 rings (SSSR count). The molecule has 0 saturated carbocycles. The molecule has 2 aromatic rings. The van der Waals surface area contributed by atoms with Crippen molar-refractivity contribution >= 4 is 32.9 Å².